The number of hydrogen-bond acceptors (Lipinski definition) is 2. The second-order valence-corrected chi connectivity index (χ2v) is 4.46. The molecule has 2 nitrogen and oxygen atoms in total. The molecule has 0 aliphatic rings. The summed E-state index contributed by atoms with van der Waals surface area (Å²) in [6.45, 7) is 9.75. The van der Waals surface area contributed by atoms with Gasteiger partial charge in [-0.1, -0.05) is 32.0 Å². The predicted molar refractivity (Wildman–Crippen MR) is 68.6 cm³/mol. The quantitative estimate of drug-likeness (QED) is 0.800. The minimum absolute atomic E-state index is 0.614. The first kappa shape index (κ1) is 13.2. The minimum Gasteiger partial charge on any atom is -0.384 e. The Kier molecular flexibility index (Phi) is 4.51. The highest BCUT2D eigenvalue weighted by Gasteiger charge is 2.26. The fraction of sp³-hybridized carbons (Fsp3) is 0.571. The molecule has 0 radical (unpaired) electrons. The fourth-order valence-electron chi connectivity index (χ4n) is 1.79. The molecule has 1 rings (SSSR count). The molecule has 0 aromatic heterocycles. The Morgan fingerprint density at radius 3 is 2.38 bits per heavy atom. The molecule has 16 heavy (non-hydrogen) atoms. The highest BCUT2D eigenvalue weighted by molar-refractivity contribution is 5.33. The van der Waals surface area contributed by atoms with E-state index >= 15 is 0 Å². The van der Waals surface area contributed by atoms with Crippen LogP contribution < -0.4 is 5.32 Å². The lowest BCUT2D eigenvalue weighted by Crippen LogP contribution is -2.37. The van der Waals surface area contributed by atoms with Crippen molar-refractivity contribution in [1.29, 1.82) is 0 Å². The van der Waals surface area contributed by atoms with E-state index in [1.54, 1.807) is 0 Å². The van der Waals surface area contributed by atoms with Gasteiger partial charge >= 0.3 is 0 Å². The third-order valence-corrected chi connectivity index (χ3v) is 3.30. The van der Waals surface area contributed by atoms with Gasteiger partial charge in [0.05, 0.1) is 0 Å². The first-order valence-corrected chi connectivity index (χ1v) is 6.04. The van der Waals surface area contributed by atoms with E-state index in [0.717, 1.165) is 18.5 Å². The zero-order chi connectivity index (χ0) is 12.2. The van der Waals surface area contributed by atoms with E-state index in [1.807, 2.05) is 13.0 Å². The molecule has 0 heterocycles. The van der Waals surface area contributed by atoms with Gasteiger partial charge in [0.1, 0.15) is 5.60 Å². The van der Waals surface area contributed by atoms with Crippen LogP contribution in [0.5, 0.6) is 0 Å². The van der Waals surface area contributed by atoms with Crippen molar-refractivity contribution < 1.29 is 5.11 Å². The van der Waals surface area contributed by atoms with Gasteiger partial charge in [-0.05, 0) is 43.5 Å². The van der Waals surface area contributed by atoms with Crippen LogP contribution in [0, 0.1) is 13.8 Å². The molecule has 2 N–H and O–H groups in total. The van der Waals surface area contributed by atoms with Crippen LogP contribution >= 0.6 is 0 Å². The van der Waals surface area contributed by atoms with Crippen LogP contribution in [0.25, 0.3) is 0 Å². The SMILES string of the molecule is CCNCC(O)(CC)c1ccc(C)c(C)c1. The molecule has 0 aliphatic heterocycles. The van der Waals surface area contributed by atoms with Crippen molar-refractivity contribution in [3.63, 3.8) is 0 Å². The standard InChI is InChI=1S/C14H23NO/c1-5-14(16,10-15-6-2)13-8-7-11(3)12(4)9-13/h7-9,15-16H,5-6,10H2,1-4H3. The van der Waals surface area contributed by atoms with Gasteiger partial charge in [0.15, 0.2) is 0 Å². The van der Waals surface area contributed by atoms with Gasteiger partial charge < -0.3 is 10.4 Å². The summed E-state index contributed by atoms with van der Waals surface area (Å²) in [5, 5.41) is 13.8. The molecular weight excluding hydrogens is 198 g/mol. The van der Waals surface area contributed by atoms with Crippen LogP contribution in [0.3, 0.4) is 0 Å². The second-order valence-electron chi connectivity index (χ2n) is 4.46. The first-order chi connectivity index (χ1) is 7.53. The van der Waals surface area contributed by atoms with Crippen molar-refractivity contribution in [1.82, 2.24) is 5.32 Å². The molecule has 0 bridgehead atoms. The zero-order valence-electron chi connectivity index (χ0n) is 10.8. The molecule has 2 heteroatoms. The summed E-state index contributed by atoms with van der Waals surface area (Å²) in [4.78, 5) is 0. The van der Waals surface area contributed by atoms with Crippen molar-refractivity contribution in [2.75, 3.05) is 13.1 Å². The van der Waals surface area contributed by atoms with Gasteiger partial charge in [0.2, 0.25) is 0 Å². The highest BCUT2D eigenvalue weighted by atomic mass is 16.3. The van der Waals surface area contributed by atoms with E-state index in [2.05, 4.69) is 38.2 Å². The molecule has 1 aromatic carbocycles. The molecule has 0 spiro atoms. The molecule has 1 aromatic rings. The number of aryl methyl sites for hydroxylation is 2. The lowest BCUT2D eigenvalue weighted by molar-refractivity contribution is 0.0331. The molecule has 0 saturated carbocycles. The molecule has 0 aliphatic carbocycles. The molecule has 1 atom stereocenters. The number of nitrogens with one attached hydrogen (secondary N) is 1. The molecule has 90 valence electrons. The summed E-state index contributed by atoms with van der Waals surface area (Å²) in [6, 6.07) is 6.20. The van der Waals surface area contributed by atoms with Crippen LogP contribution in [0.15, 0.2) is 18.2 Å². The average Bonchev–Trinajstić information content (AvgIpc) is 2.29. The Bertz CT molecular complexity index is 349. The number of likely N-dealkylation sites (N-methyl/N-ethyl adjacent to an activating group) is 1. The Morgan fingerprint density at radius 1 is 1.19 bits per heavy atom. The third-order valence-electron chi connectivity index (χ3n) is 3.30. The smallest absolute Gasteiger partial charge is 0.102 e. The summed E-state index contributed by atoms with van der Waals surface area (Å²) in [5.41, 5.74) is 2.78. The Morgan fingerprint density at radius 2 is 1.88 bits per heavy atom. The van der Waals surface area contributed by atoms with Crippen LogP contribution in [0.1, 0.15) is 37.0 Å². The van der Waals surface area contributed by atoms with E-state index in [1.165, 1.54) is 11.1 Å². The van der Waals surface area contributed by atoms with Crippen LogP contribution in [-0.4, -0.2) is 18.2 Å². The predicted octanol–water partition coefficient (Wildman–Crippen LogP) is 2.51. The first-order valence-electron chi connectivity index (χ1n) is 6.04. The Hall–Kier alpha value is -0.860. The maximum absolute atomic E-state index is 10.6. The van der Waals surface area contributed by atoms with Crippen molar-refractivity contribution in [2.24, 2.45) is 0 Å². The highest BCUT2D eigenvalue weighted by Crippen LogP contribution is 2.25. The van der Waals surface area contributed by atoms with E-state index < -0.39 is 5.60 Å². The number of benzene rings is 1. The summed E-state index contributed by atoms with van der Waals surface area (Å²) in [6.07, 6.45) is 0.725. The second kappa shape index (κ2) is 5.46. The average molecular weight is 221 g/mol. The summed E-state index contributed by atoms with van der Waals surface area (Å²) >= 11 is 0. The molecule has 0 saturated heterocycles. The molecule has 0 amide bonds. The normalized spacial score (nSPS) is 14.8. The van der Waals surface area contributed by atoms with Crippen LogP contribution in [0.4, 0.5) is 0 Å². The number of aliphatic hydroxyl groups is 1. The molecular formula is C14H23NO. The van der Waals surface area contributed by atoms with Gasteiger partial charge in [0.25, 0.3) is 0 Å². The third kappa shape index (κ3) is 2.83. The fourth-order valence-corrected chi connectivity index (χ4v) is 1.79. The maximum atomic E-state index is 10.6. The molecule has 1 unspecified atom stereocenters. The molecule has 0 fully saturated rings. The summed E-state index contributed by atoms with van der Waals surface area (Å²) in [7, 11) is 0. The Labute approximate surface area is 98.7 Å². The topological polar surface area (TPSA) is 32.3 Å². The van der Waals surface area contributed by atoms with Crippen molar-refractivity contribution in [3.05, 3.63) is 34.9 Å². The van der Waals surface area contributed by atoms with Crippen LogP contribution in [-0.2, 0) is 5.60 Å². The largest absolute Gasteiger partial charge is 0.384 e. The monoisotopic (exact) mass is 221 g/mol. The van der Waals surface area contributed by atoms with Gasteiger partial charge in [-0.3, -0.25) is 0 Å². The maximum Gasteiger partial charge on any atom is 0.102 e. The Balaban J connectivity index is 2.97. The summed E-state index contributed by atoms with van der Waals surface area (Å²) < 4.78 is 0. The van der Waals surface area contributed by atoms with Gasteiger partial charge in [-0.25, -0.2) is 0 Å². The van der Waals surface area contributed by atoms with E-state index in [-0.39, 0.29) is 0 Å². The lowest BCUT2D eigenvalue weighted by atomic mass is 9.89. The minimum atomic E-state index is -0.742. The number of rotatable bonds is 5. The van der Waals surface area contributed by atoms with Gasteiger partial charge in [-0.15, -0.1) is 0 Å². The van der Waals surface area contributed by atoms with Crippen LogP contribution in [0.2, 0.25) is 0 Å². The van der Waals surface area contributed by atoms with E-state index in [4.69, 9.17) is 0 Å². The summed E-state index contributed by atoms with van der Waals surface area (Å²) in [5.74, 6) is 0. The zero-order valence-corrected chi connectivity index (χ0v) is 10.8. The van der Waals surface area contributed by atoms with Crippen molar-refractivity contribution >= 4 is 0 Å². The van der Waals surface area contributed by atoms with Gasteiger partial charge in [0, 0.05) is 6.54 Å². The lowest BCUT2D eigenvalue weighted by Gasteiger charge is -2.28. The van der Waals surface area contributed by atoms with Crippen molar-refractivity contribution in [3.8, 4) is 0 Å². The van der Waals surface area contributed by atoms with E-state index in [0.29, 0.717) is 6.54 Å². The van der Waals surface area contributed by atoms with Gasteiger partial charge in [-0.2, -0.15) is 0 Å². The van der Waals surface area contributed by atoms with Crippen molar-refractivity contribution in [2.45, 2.75) is 39.7 Å². The number of hydrogen-bond donors (Lipinski definition) is 2. The van der Waals surface area contributed by atoms with E-state index in [9.17, 15) is 5.11 Å².